The minimum absolute atomic E-state index is 0.202. The van der Waals surface area contributed by atoms with Gasteiger partial charge in [-0.1, -0.05) is 25.4 Å². The van der Waals surface area contributed by atoms with E-state index >= 15 is 0 Å². The van der Waals surface area contributed by atoms with Crippen LogP contribution in [0, 0.1) is 5.82 Å². The fourth-order valence-electron chi connectivity index (χ4n) is 1.96. The summed E-state index contributed by atoms with van der Waals surface area (Å²) in [7, 11) is 1.80. The minimum Gasteiger partial charge on any atom is -0.373 e. The van der Waals surface area contributed by atoms with Crippen LogP contribution in [0.1, 0.15) is 25.3 Å². The molecule has 2 N–H and O–H groups in total. The van der Waals surface area contributed by atoms with Crippen molar-refractivity contribution < 1.29 is 4.39 Å². The zero-order chi connectivity index (χ0) is 14.7. The standard InChI is InChI=1S/C14H16ClFN4/c1-8(2)12-13(17-3)18-7-19-14(12)20-11-6-9(16)4-5-10(11)15/h4-8H,1-3H3,(H2,17,18,19,20). The lowest BCUT2D eigenvalue weighted by atomic mass is 10.0. The van der Waals surface area contributed by atoms with E-state index in [2.05, 4.69) is 20.6 Å². The Kier molecular flexibility index (Phi) is 4.39. The van der Waals surface area contributed by atoms with Gasteiger partial charge in [0.05, 0.1) is 10.7 Å². The summed E-state index contributed by atoms with van der Waals surface area (Å²) >= 11 is 6.06. The molecule has 0 aliphatic carbocycles. The van der Waals surface area contributed by atoms with Crippen molar-refractivity contribution in [2.45, 2.75) is 19.8 Å². The maximum absolute atomic E-state index is 13.3. The first-order valence-electron chi connectivity index (χ1n) is 6.27. The Hall–Kier alpha value is -1.88. The first-order valence-corrected chi connectivity index (χ1v) is 6.65. The van der Waals surface area contributed by atoms with E-state index in [1.165, 1.54) is 24.5 Å². The van der Waals surface area contributed by atoms with Gasteiger partial charge in [-0.05, 0) is 24.1 Å². The third-order valence-electron chi connectivity index (χ3n) is 2.88. The maximum Gasteiger partial charge on any atom is 0.139 e. The summed E-state index contributed by atoms with van der Waals surface area (Å²) in [6.07, 6.45) is 1.45. The molecule has 20 heavy (non-hydrogen) atoms. The van der Waals surface area contributed by atoms with Crippen molar-refractivity contribution in [3.63, 3.8) is 0 Å². The van der Waals surface area contributed by atoms with Crippen LogP contribution in [-0.4, -0.2) is 17.0 Å². The molecule has 0 atom stereocenters. The molecular formula is C14H16ClFN4. The van der Waals surface area contributed by atoms with Gasteiger partial charge in [-0.25, -0.2) is 14.4 Å². The molecule has 0 saturated carbocycles. The first-order chi connectivity index (χ1) is 9.52. The van der Waals surface area contributed by atoms with Crippen LogP contribution in [0.15, 0.2) is 24.5 Å². The Bertz CT molecular complexity index is 616. The molecule has 6 heteroatoms. The van der Waals surface area contributed by atoms with Crippen LogP contribution in [0.25, 0.3) is 0 Å². The highest BCUT2D eigenvalue weighted by Crippen LogP contribution is 2.32. The maximum atomic E-state index is 13.3. The number of nitrogens with zero attached hydrogens (tertiary/aromatic N) is 2. The molecule has 1 aromatic heterocycles. The molecule has 0 aliphatic rings. The van der Waals surface area contributed by atoms with Crippen molar-refractivity contribution >= 4 is 28.9 Å². The molecular weight excluding hydrogens is 279 g/mol. The van der Waals surface area contributed by atoms with E-state index < -0.39 is 0 Å². The van der Waals surface area contributed by atoms with Gasteiger partial charge in [-0.3, -0.25) is 0 Å². The van der Waals surface area contributed by atoms with E-state index in [1.54, 1.807) is 7.05 Å². The van der Waals surface area contributed by atoms with Crippen molar-refractivity contribution in [1.82, 2.24) is 9.97 Å². The molecule has 2 rings (SSSR count). The highest BCUT2D eigenvalue weighted by atomic mass is 35.5. The van der Waals surface area contributed by atoms with Crippen LogP contribution >= 0.6 is 11.6 Å². The Labute approximate surface area is 122 Å². The fourth-order valence-corrected chi connectivity index (χ4v) is 2.13. The average molecular weight is 295 g/mol. The second-order valence-corrected chi connectivity index (χ2v) is 5.05. The monoisotopic (exact) mass is 294 g/mol. The number of nitrogens with one attached hydrogen (secondary N) is 2. The van der Waals surface area contributed by atoms with Crippen molar-refractivity contribution in [3.8, 4) is 0 Å². The normalized spacial score (nSPS) is 10.7. The molecule has 0 unspecified atom stereocenters. The summed E-state index contributed by atoms with van der Waals surface area (Å²) in [5, 5.41) is 6.54. The summed E-state index contributed by atoms with van der Waals surface area (Å²) in [6, 6.07) is 4.16. The van der Waals surface area contributed by atoms with Crippen LogP contribution < -0.4 is 10.6 Å². The summed E-state index contributed by atoms with van der Waals surface area (Å²) < 4.78 is 13.3. The van der Waals surface area contributed by atoms with Gasteiger partial charge >= 0.3 is 0 Å². The predicted octanol–water partition coefficient (Wildman–Crippen LogP) is 4.18. The number of benzene rings is 1. The van der Waals surface area contributed by atoms with E-state index in [0.717, 1.165) is 11.4 Å². The molecule has 2 aromatic rings. The van der Waals surface area contributed by atoms with Gasteiger partial charge < -0.3 is 10.6 Å². The van der Waals surface area contributed by atoms with Crippen LogP contribution in [0.3, 0.4) is 0 Å². The number of hydrogen-bond donors (Lipinski definition) is 2. The summed E-state index contributed by atoms with van der Waals surface area (Å²) in [6.45, 7) is 4.08. The van der Waals surface area contributed by atoms with Crippen molar-refractivity contribution in [1.29, 1.82) is 0 Å². The number of aromatic nitrogens is 2. The molecule has 1 aromatic carbocycles. The second kappa shape index (κ2) is 6.05. The van der Waals surface area contributed by atoms with Gasteiger partial charge in [0, 0.05) is 12.6 Å². The Morgan fingerprint density at radius 1 is 1.20 bits per heavy atom. The average Bonchev–Trinajstić information content (AvgIpc) is 2.42. The van der Waals surface area contributed by atoms with E-state index in [1.807, 2.05) is 13.8 Å². The SMILES string of the molecule is CNc1ncnc(Nc2cc(F)ccc2Cl)c1C(C)C. The highest BCUT2D eigenvalue weighted by Gasteiger charge is 2.15. The van der Waals surface area contributed by atoms with Gasteiger partial charge in [0.15, 0.2) is 0 Å². The third kappa shape index (κ3) is 2.99. The lowest BCUT2D eigenvalue weighted by Gasteiger charge is -2.17. The highest BCUT2D eigenvalue weighted by molar-refractivity contribution is 6.33. The van der Waals surface area contributed by atoms with Crippen LogP contribution in [0.4, 0.5) is 21.7 Å². The number of anilines is 3. The summed E-state index contributed by atoms with van der Waals surface area (Å²) in [5.74, 6) is 1.20. The van der Waals surface area contributed by atoms with Gasteiger partial charge in [0.2, 0.25) is 0 Å². The predicted molar refractivity (Wildman–Crippen MR) is 80.4 cm³/mol. The quantitative estimate of drug-likeness (QED) is 0.888. The molecule has 0 amide bonds. The van der Waals surface area contributed by atoms with E-state index in [-0.39, 0.29) is 11.7 Å². The molecule has 0 aliphatic heterocycles. The second-order valence-electron chi connectivity index (χ2n) is 4.64. The molecule has 0 saturated heterocycles. The number of hydrogen-bond acceptors (Lipinski definition) is 4. The smallest absolute Gasteiger partial charge is 0.139 e. The topological polar surface area (TPSA) is 49.8 Å². The van der Waals surface area contributed by atoms with Crippen LogP contribution in [0.2, 0.25) is 5.02 Å². The van der Waals surface area contributed by atoms with Crippen molar-refractivity contribution in [3.05, 3.63) is 40.9 Å². The summed E-state index contributed by atoms with van der Waals surface area (Å²) in [4.78, 5) is 8.42. The van der Waals surface area contributed by atoms with E-state index in [0.29, 0.717) is 16.5 Å². The first kappa shape index (κ1) is 14.5. The van der Waals surface area contributed by atoms with Gasteiger partial charge in [-0.15, -0.1) is 0 Å². The molecule has 0 bridgehead atoms. The summed E-state index contributed by atoms with van der Waals surface area (Å²) in [5.41, 5.74) is 1.41. The van der Waals surface area contributed by atoms with Gasteiger partial charge in [0.1, 0.15) is 23.8 Å². The van der Waals surface area contributed by atoms with Gasteiger partial charge in [0.25, 0.3) is 0 Å². The molecule has 4 nitrogen and oxygen atoms in total. The molecule has 0 spiro atoms. The van der Waals surface area contributed by atoms with Crippen molar-refractivity contribution in [2.75, 3.05) is 17.7 Å². The Morgan fingerprint density at radius 2 is 1.90 bits per heavy atom. The molecule has 0 radical (unpaired) electrons. The number of halogens is 2. The minimum atomic E-state index is -0.356. The Morgan fingerprint density at radius 3 is 2.55 bits per heavy atom. The third-order valence-corrected chi connectivity index (χ3v) is 3.21. The zero-order valence-corrected chi connectivity index (χ0v) is 12.3. The molecule has 0 fully saturated rings. The zero-order valence-electron chi connectivity index (χ0n) is 11.5. The van der Waals surface area contributed by atoms with Crippen LogP contribution in [-0.2, 0) is 0 Å². The largest absolute Gasteiger partial charge is 0.373 e. The Balaban J connectivity index is 2.45. The lowest BCUT2D eigenvalue weighted by molar-refractivity contribution is 0.628. The van der Waals surface area contributed by atoms with E-state index in [9.17, 15) is 4.39 Å². The molecule has 106 valence electrons. The van der Waals surface area contributed by atoms with Gasteiger partial charge in [-0.2, -0.15) is 0 Å². The number of rotatable bonds is 4. The van der Waals surface area contributed by atoms with E-state index in [4.69, 9.17) is 11.6 Å². The molecule has 1 heterocycles. The fraction of sp³-hybridized carbons (Fsp3) is 0.286. The van der Waals surface area contributed by atoms with Crippen LogP contribution in [0.5, 0.6) is 0 Å². The van der Waals surface area contributed by atoms with Crippen molar-refractivity contribution in [2.24, 2.45) is 0 Å². The lowest BCUT2D eigenvalue weighted by Crippen LogP contribution is -2.07.